The lowest BCUT2D eigenvalue weighted by Gasteiger charge is -2.22. The van der Waals surface area contributed by atoms with Crippen LogP contribution in [0, 0.1) is 6.92 Å². The van der Waals surface area contributed by atoms with Gasteiger partial charge < -0.3 is 9.30 Å². The molecule has 1 atom stereocenters. The first-order valence-electron chi connectivity index (χ1n) is 13.0. The molecule has 4 rings (SSSR count). The zero-order valence-electron chi connectivity index (χ0n) is 22.3. The molecule has 4 nitrogen and oxygen atoms in total. The lowest BCUT2D eigenvalue weighted by atomic mass is 9.92. The Morgan fingerprint density at radius 2 is 1.77 bits per heavy atom. The second kappa shape index (κ2) is 10.8. The molecule has 1 unspecified atom stereocenters. The van der Waals surface area contributed by atoms with Gasteiger partial charge in [0.15, 0.2) is 0 Å². The van der Waals surface area contributed by atoms with Crippen LogP contribution < -0.4 is 0 Å². The molecule has 0 aliphatic rings. The fraction of sp³-hybridized carbons (Fsp3) is 0.452. The molecule has 0 aliphatic heterocycles. The molecular formula is C31H41N3O. The van der Waals surface area contributed by atoms with Crippen molar-refractivity contribution >= 4 is 10.9 Å². The number of para-hydroxylation sites is 1. The molecular weight excluding hydrogens is 430 g/mol. The monoisotopic (exact) mass is 471 g/mol. The highest BCUT2D eigenvalue weighted by molar-refractivity contribution is 5.84. The molecule has 2 aromatic carbocycles. The summed E-state index contributed by atoms with van der Waals surface area (Å²) in [6.07, 6.45) is 5.24. The van der Waals surface area contributed by atoms with Crippen LogP contribution in [0.1, 0.15) is 74.5 Å². The quantitative estimate of drug-likeness (QED) is 0.230. The third-order valence-electron chi connectivity index (χ3n) is 6.96. The number of ether oxygens (including phenoxy) is 1. The molecule has 186 valence electrons. The van der Waals surface area contributed by atoms with Crippen molar-refractivity contribution in [2.75, 3.05) is 13.2 Å². The van der Waals surface area contributed by atoms with Crippen LogP contribution in [0.3, 0.4) is 0 Å². The van der Waals surface area contributed by atoms with Crippen molar-refractivity contribution in [1.82, 2.24) is 14.3 Å². The normalized spacial score (nSPS) is 13.0. The van der Waals surface area contributed by atoms with Crippen molar-refractivity contribution in [1.29, 1.82) is 0 Å². The van der Waals surface area contributed by atoms with E-state index in [0.29, 0.717) is 5.92 Å². The molecule has 0 fully saturated rings. The number of rotatable bonds is 10. The Morgan fingerprint density at radius 3 is 2.51 bits per heavy atom. The second-order valence-electron chi connectivity index (χ2n) is 11.0. The van der Waals surface area contributed by atoms with Gasteiger partial charge in [0.1, 0.15) is 0 Å². The average Bonchev–Trinajstić information content (AvgIpc) is 3.38. The smallest absolute Gasteiger partial charge is 0.0702 e. The number of aromatic nitrogens is 3. The van der Waals surface area contributed by atoms with Crippen LogP contribution in [-0.2, 0) is 30.2 Å². The van der Waals surface area contributed by atoms with E-state index >= 15 is 0 Å². The van der Waals surface area contributed by atoms with Crippen molar-refractivity contribution < 1.29 is 4.74 Å². The zero-order chi connectivity index (χ0) is 25.0. The van der Waals surface area contributed by atoms with Gasteiger partial charge in [0.05, 0.1) is 17.8 Å². The zero-order valence-corrected chi connectivity index (χ0v) is 22.3. The van der Waals surface area contributed by atoms with Crippen LogP contribution in [0.4, 0.5) is 0 Å². The Labute approximate surface area is 210 Å². The predicted molar refractivity (Wildman–Crippen MR) is 146 cm³/mol. The van der Waals surface area contributed by atoms with Gasteiger partial charge in [0.25, 0.3) is 0 Å². The summed E-state index contributed by atoms with van der Waals surface area (Å²) < 4.78 is 10.6. The number of nitrogens with zero attached hydrogens (tertiary/aromatic N) is 3. The highest BCUT2D eigenvalue weighted by Gasteiger charge is 2.21. The first kappa shape index (κ1) is 25.2. The first-order chi connectivity index (χ1) is 16.7. The third kappa shape index (κ3) is 6.05. The summed E-state index contributed by atoms with van der Waals surface area (Å²) in [5.41, 5.74) is 8.01. The van der Waals surface area contributed by atoms with Crippen molar-refractivity contribution in [2.24, 2.45) is 7.05 Å². The summed E-state index contributed by atoms with van der Waals surface area (Å²) in [6, 6.07) is 19.6. The van der Waals surface area contributed by atoms with E-state index in [1.165, 1.54) is 39.0 Å². The van der Waals surface area contributed by atoms with Crippen LogP contribution >= 0.6 is 0 Å². The molecule has 2 heterocycles. The minimum absolute atomic E-state index is 0.0993. The van der Waals surface area contributed by atoms with Gasteiger partial charge in [-0.15, -0.1) is 0 Å². The fourth-order valence-corrected chi connectivity index (χ4v) is 5.16. The predicted octanol–water partition coefficient (Wildman–Crippen LogP) is 7.17. The van der Waals surface area contributed by atoms with E-state index in [1.807, 2.05) is 11.7 Å². The SMILES string of the molecule is Cc1cccc2cc(C(C)(C)C)n(CCOCCCC(C)c3cn(C)nc3Cc3ccccc3)c12. The summed E-state index contributed by atoms with van der Waals surface area (Å²) >= 11 is 0. The van der Waals surface area contributed by atoms with E-state index in [1.54, 1.807) is 0 Å². The summed E-state index contributed by atoms with van der Waals surface area (Å²) in [6.45, 7) is 13.8. The third-order valence-corrected chi connectivity index (χ3v) is 6.96. The molecule has 4 aromatic rings. The van der Waals surface area contributed by atoms with Crippen LogP contribution in [-0.4, -0.2) is 27.6 Å². The van der Waals surface area contributed by atoms with Gasteiger partial charge in [-0.1, -0.05) is 76.2 Å². The lowest BCUT2D eigenvalue weighted by molar-refractivity contribution is 0.121. The number of fused-ring (bicyclic) bond motifs is 1. The van der Waals surface area contributed by atoms with Crippen molar-refractivity contribution in [3.05, 3.63) is 88.9 Å². The van der Waals surface area contributed by atoms with Gasteiger partial charge in [-0.2, -0.15) is 5.10 Å². The number of benzene rings is 2. The van der Waals surface area contributed by atoms with Gasteiger partial charge in [0, 0.05) is 49.3 Å². The maximum Gasteiger partial charge on any atom is 0.0702 e. The summed E-state index contributed by atoms with van der Waals surface area (Å²) in [5, 5.41) is 6.08. The van der Waals surface area contributed by atoms with Gasteiger partial charge in [0.2, 0.25) is 0 Å². The summed E-state index contributed by atoms with van der Waals surface area (Å²) in [4.78, 5) is 0. The molecule has 0 spiro atoms. The molecule has 0 saturated heterocycles. The maximum absolute atomic E-state index is 6.14. The molecule has 0 saturated carbocycles. The van der Waals surface area contributed by atoms with Gasteiger partial charge in [-0.3, -0.25) is 4.68 Å². The Kier molecular flexibility index (Phi) is 7.81. The Morgan fingerprint density at radius 1 is 1.00 bits per heavy atom. The highest BCUT2D eigenvalue weighted by Crippen LogP contribution is 2.31. The van der Waals surface area contributed by atoms with E-state index in [-0.39, 0.29) is 5.41 Å². The molecule has 0 N–H and O–H groups in total. The van der Waals surface area contributed by atoms with Crippen LogP contribution in [0.2, 0.25) is 0 Å². The fourth-order valence-electron chi connectivity index (χ4n) is 5.16. The Bertz CT molecular complexity index is 1240. The molecule has 2 aromatic heterocycles. The Balaban J connectivity index is 1.31. The molecule has 0 amide bonds. The number of hydrogen-bond donors (Lipinski definition) is 0. The molecule has 4 heteroatoms. The number of aryl methyl sites for hydroxylation is 2. The molecule has 35 heavy (non-hydrogen) atoms. The summed E-state index contributed by atoms with van der Waals surface area (Å²) in [7, 11) is 2.02. The minimum Gasteiger partial charge on any atom is -0.380 e. The largest absolute Gasteiger partial charge is 0.380 e. The van der Waals surface area contributed by atoms with Gasteiger partial charge in [-0.05, 0) is 48.4 Å². The van der Waals surface area contributed by atoms with E-state index in [4.69, 9.17) is 9.84 Å². The summed E-state index contributed by atoms with van der Waals surface area (Å²) in [5.74, 6) is 0.467. The van der Waals surface area contributed by atoms with E-state index in [9.17, 15) is 0 Å². The van der Waals surface area contributed by atoms with Crippen LogP contribution in [0.5, 0.6) is 0 Å². The van der Waals surface area contributed by atoms with Crippen LogP contribution in [0.25, 0.3) is 10.9 Å². The average molecular weight is 472 g/mol. The molecule has 0 aliphatic carbocycles. The Hall–Kier alpha value is -2.85. The van der Waals surface area contributed by atoms with E-state index in [0.717, 1.165) is 39.0 Å². The van der Waals surface area contributed by atoms with Crippen molar-refractivity contribution in [3.63, 3.8) is 0 Å². The van der Waals surface area contributed by atoms with Crippen molar-refractivity contribution in [2.45, 2.75) is 71.8 Å². The minimum atomic E-state index is 0.0993. The topological polar surface area (TPSA) is 32.0 Å². The van der Waals surface area contributed by atoms with Gasteiger partial charge in [-0.25, -0.2) is 0 Å². The molecule has 0 bridgehead atoms. The van der Waals surface area contributed by atoms with E-state index in [2.05, 4.69) is 100.0 Å². The lowest BCUT2D eigenvalue weighted by Crippen LogP contribution is -2.19. The standard InChI is InChI=1S/C31H41N3O/c1-23(27-22-33(6)32-28(27)20-25-14-8-7-9-15-25)13-11-18-35-19-17-34-29(31(3,4)5)21-26-16-10-12-24(2)30(26)34/h7-10,12,14-16,21-23H,11,13,17-20H2,1-6H3. The first-order valence-corrected chi connectivity index (χ1v) is 13.0. The van der Waals surface area contributed by atoms with E-state index < -0.39 is 0 Å². The second-order valence-corrected chi connectivity index (χ2v) is 11.0. The van der Waals surface area contributed by atoms with Gasteiger partial charge >= 0.3 is 0 Å². The number of hydrogen-bond acceptors (Lipinski definition) is 2. The van der Waals surface area contributed by atoms with Crippen LogP contribution in [0.15, 0.2) is 60.8 Å². The maximum atomic E-state index is 6.14. The molecule has 0 radical (unpaired) electrons. The highest BCUT2D eigenvalue weighted by atomic mass is 16.5. The van der Waals surface area contributed by atoms with Crippen molar-refractivity contribution in [3.8, 4) is 0 Å².